The average molecular weight is 388 g/mol. The quantitative estimate of drug-likeness (QED) is 0.801. The lowest BCUT2D eigenvalue weighted by Gasteiger charge is -2.45. The molecule has 1 fully saturated rings. The van der Waals surface area contributed by atoms with E-state index in [1.165, 1.54) is 27.2 Å². The molecule has 5 heteroatoms. The molecule has 5 nitrogen and oxygen atoms in total. The highest BCUT2D eigenvalue weighted by Gasteiger charge is 2.42. The molecule has 4 aliphatic rings. The minimum absolute atomic E-state index is 0.0967. The third-order valence-corrected chi connectivity index (χ3v) is 6.70. The molecule has 0 saturated carbocycles. The molecule has 3 amide bonds. The molecular weight excluding hydrogens is 364 g/mol. The van der Waals surface area contributed by atoms with E-state index in [9.17, 15) is 14.4 Å². The highest BCUT2D eigenvalue weighted by Crippen LogP contribution is 2.55. The summed E-state index contributed by atoms with van der Waals surface area (Å²) in [4.78, 5) is 37.0. The fourth-order valence-electron chi connectivity index (χ4n) is 5.38. The highest BCUT2D eigenvalue weighted by atomic mass is 16.2. The number of rotatable bonds is 5. The first-order valence-corrected chi connectivity index (χ1v) is 10.4. The Kier molecular flexibility index (Phi) is 4.46. The van der Waals surface area contributed by atoms with Crippen molar-refractivity contribution in [2.75, 3.05) is 13.1 Å². The van der Waals surface area contributed by atoms with Gasteiger partial charge in [0.1, 0.15) is 0 Å². The van der Waals surface area contributed by atoms with E-state index in [0.29, 0.717) is 24.3 Å². The number of imide groups is 1. The van der Waals surface area contributed by atoms with Crippen LogP contribution in [0.1, 0.15) is 59.8 Å². The van der Waals surface area contributed by atoms with Crippen molar-refractivity contribution in [2.24, 2.45) is 5.92 Å². The van der Waals surface area contributed by atoms with Crippen molar-refractivity contribution >= 4 is 17.7 Å². The van der Waals surface area contributed by atoms with E-state index < -0.39 is 0 Å². The van der Waals surface area contributed by atoms with Crippen LogP contribution < -0.4 is 5.32 Å². The van der Waals surface area contributed by atoms with Crippen LogP contribution in [-0.2, 0) is 14.4 Å². The molecule has 2 aromatic carbocycles. The Morgan fingerprint density at radius 2 is 1.45 bits per heavy atom. The number of hydrogen-bond acceptors (Lipinski definition) is 3. The Balaban J connectivity index is 1.28. The number of nitrogens with zero attached hydrogens (tertiary/aromatic N) is 1. The van der Waals surface area contributed by atoms with E-state index >= 15 is 0 Å². The Bertz CT molecular complexity index is 936. The van der Waals surface area contributed by atoms with Gasteiger partial charge < -0.3 is 5.32 Å². The van der Waals surface area contributed by atoms with Gasteiger partial charge in [-0.1, -0.05) is 48.5 Å². The van der Waals surface area contributed by atoms with Crippen molar-refractivity contribution in [3.8, 4) is 0 Å². The summed E-state index contributed by atoms with van der Waals surface area (Å²) in [6, 6.07) is 17.3. The molecule has 0 radical (unpaired) electrons. The van der Waals surface area contributed by atoms with Crippen LogP contribution in [0.2, 0.25) is 0 Å². The second-order valence-electron chi connectivity index (χ2n) is 8.28. The summed E-state index contributed by atoms with van der Waals surface area (Å²) < 4.78 is 0. The molecule has 0 aromatic heterocycles. The van der Waals surface area contributed by atoms with Crippen LogP contribution in [0.5, 0.6) is 0 Å². The standard InChI is InChI=1S/C24H24N2O3/c27-21(11-12-26-22(28)9-10-23(26)29)25-14-15-13-20-16-5-1-3-7-18(16)24(15)19-8-4-2-6-17(19)20/h1-8,15,20,24H,9-14H2,(H,25,27). The normalized spacial score (nSPS) is 24.4. The van der Waals surface area contributed by atoms with Gasteiger partial charge in [-0.25, -0.2) is 0 Å². The molecule has 1 aliphatic heterocycles. The Labute approximate surface area is 170 Å². The number of nitrogens with one attached hydrogen (secondary N) is 1. The van der Waals surface area contributed by atoms with Crippen molar-refractivity contribution < 1.29 is 14.4 Å². The zero-order valence-electron chi connectivity index (χ0n) is 16.3. The maximum absolute atomic E-state index is 12.4. The number of fused-ring (bicyclic) bond motifs is 1. The number of amides is 3. The summed E-state index contributed by atoms with van der Waals surface area (Å²) in [5.74, 6) is 0.606. The molecule has 1 saturated heterocycles. The van der Waals surface area contributed by atoms with E-state index in [0.717, 1.165) is 6.42 Å². The van der Waals surface area contributed by atoms with Gasteiger partial charge in [-0.05, 0) is 34.6 Å². The zero-order chi connectivity index (χ0) is 20.0. The van der Waals surface area contributed by atoms with Crippen LogP contribution in [0, 0.1) is 5.92 Å². The van der Waals surface area contributed by atoms with Gasteiger partial charge in [-0.3, -0.25) is 19.3 Å². The monoisotopic (exact) mass is 388 g/mol. The Morgan fingerprint density at radius 3 is 2.03 bits per heavy atom. The fraction of sp³-hybridized carbons (Fsp3) is 0.375. The smallest absolute Gasteiger partial charge is 0.229 e. The number of carbonyl (C=O) groups excluding carboxylic acids is 3. The number of likely N-dealkylation sites (tertiary alicyclic amines) is 1. The van der Waals surface area contributed by atoms with Crippen LogP contribution >= 0.6 is 0 Å². The van der Waals surface area contributed by atoms with E-state index in [-0.39, 0.29) is 43.5 Å². The fourth-order valence-corrected chi connectivity index (χ4v) is 5.38. The lowest BCUT2D eigenvalue weighted by Crippen LogP contribution is -2.40. The summed E-state index contributed by atoms with van der Waals surface area (Å²) >= 11 is 0. The van der Waals surface area contributed by atoms with E-state index in [1.807, 2.05) is 0 Å². The molecule has 1 unspecified atom stereocenters. The molecule has 2 aromatic rings. The van der Waals surface area contributed by atoms with Crippen LogP contribution in [0.25, 0.3) is 0 Å². The molecule has 0 spiro atoms. The first-order chi connectivity index (χ1) is 14.1. The number of hydrogen-bond donors (Lipinski definition) is 1. The van der Waals surface area contributed by atoms with Crippen LogP contribution in [0.15, 0.2) is 48.5 Å². The van der Waals surface area contributed by atoms with Gasteiger partial charge in [-0.2, -0.15) is 0 Å². The topological polar surface area (TPSA) is 66.5 Å². The first-order valence-electron chi connectivity index (χ1n) is 10.4. The molecule has 29 heavy (non-hydrogen) atoms. The van der Waals surface area contributed by atoms with Crippen LogP contribution in [0.4, 0.5) is 0 Å². The van der Waals surface area contributed by atoms with Gasteiger partial charge in [0.05, 0.1) is 0 Å². The molecule has 1 atom stereocenters. The third-order valence-electron chi connectivity index (χ3n) is 6.70. The molecular formula is C24H24N2O3. The maximum Gasteiger partial charge on any atom is 0.229 e. The SMILES string of the molecule is O=C(CCN1C(=O)CCC1=O)NCC1CC2c3ccccc3C1c1ccccc12. The van der Waals surface area contributed by atoms with Crippen molar-refractivity contribution in [3.63, 3.8) is 0 Å². The van der Waals surface area contributed by atoms with Crippen LogP contribution in [-0.4, -0.2) is 35.7 Å². The minimum atomic E-state index is -0.166. The molecule has 3 aliphatic carbocycles. The summed E-state index contributed by atoms with van der Waals surface area (Å²) in [7, 11) is 0. The Morgan fingerprint density at radius 1 is 0.897 bits per heavy atom. The van der Waals surface area contributed by atoms with Gasteiger partial charge in [0.2, 0.25) is 17.7 Å². The van der Waals surface area contributed by atoms with Gasteiger partial charge in [-0.15, -0.1) is 0 Å². The second kappa shape index (κ2) is 7.14. The van der Waals surface area contributed by atoms with Crippen molar-refractivity contribution in [1.82, 2.24) is 10.2 Å². The molecule has 6 rings (SSSR count). The van der Waals surface area contributed by atoms with E-state index in [4.69, 9.17) is 0 Å². The molecule has 148 valence electrons. The van der Waals surface area contributed by atoms with Gasteiger partial charge >= 0.3 is 0 Å². The highest BCUT2D eigenvalue weighted by molar-refractivity contribution is 6.02. The first kappa shape index (κ1) is 18.1. The van der Waals surface area contributed by atoms with Crippen molar-refractivity contribution in [3.05, 3.63) is 70.8 Å². The Hall–Kier alpha value is -2.95. The van der Waals surface area contributed by atoms with E-state index in [2.05, 4.69) is 53.8 Å². The minimum Gasteiger partial charge on any atom is -0.356 e. The van der Waals surface area contributed by atoms with Gasteiger partial charge in [0.25, 0.3) is 0 Å². The molecule has 2 bridgehead atoms. The summed E-state index contributed by atoms with van der Waals surface area (Å²) in [5, 5.41) is 3.06. The number of benzene rings is 2. The summed E-state index contributed by atoms with van der Waals surface area (Å²) in [5.41, 5.74) is 5.61. The van der Waals surface area contributed by atoms with Crippen molar-refractivity contribution in [1.29, 1.82) is 0 Å². The summed E-state index contributed by atoms with van der Waals surface area (Å²) in [6.45, 7) is 0.802. The van der Waals surface area contributed by atoms with Crippen LogP contribution in [0.3, 0.4) is 0 Å². The predicted molar refractivity (Wildman–Crippen MR) is 108 cm³/mol. The summed E-state index contributed by atoms with van der Waals surface area (Å²) in [6.07, 6.45) is 1.74. The maximum atomic E-state index is 12.4. The van der Waals surface area contributed by atoms with Gasteiger partial charge in [0, 0.05) is 44.2 Å². The van der Waals surface area contributed by atoms with E-state index in [1.54, 1.807) is 0 Å². The molecule has 1 heterocycles. The number of carbonyl (C=O) groups is 3. The predicted octanol–water partition coefficient (Wildman–Crippen LogP) is 2.94. The third kappa shape index (κ3) is 3.05. The zero-order valence-corrected chi connectivity index (χ0v) is 16.3. The lowest BCUT2D eigenvalue weighted by molar-refractivity contribution is -0.138. The second-order valence-corrected chi connectivity index (χ2v) is 8.28. The van der Waals surface area contributed by atoms with Gasteiger partial charge in [0.15, 0.2) is 0 Å². The molecule has 1 N–H and O–H groups in total. The average Bonchev–Trinajstić information content (AvgIpc) is 3.08. The lowest BCUT2D eigenvalue weighted by atomic mass is 9.59. The largest absolute Gasteiger partial charge is 0.356 e. The van der Waals surface area contributed by atoms with Crippen molar-refractivity contribution in [2.45, 2.75) is 37.5 Å².